The van der Waals surface area contributed by atoms with E-state index in [4.69, 9.17) is 4.42 Å². The van der Waals surface area contributed by atoms with Crippen molar-refractivity contribution in [2.45, 2.75) is 18.9 Å². The van der Waals surface area contributed by atoms with Crippen LogP contribution in [0, 0.1) is 5.92 Å². The number of rotatable bonds is 6. The average molecular weight is 265 g/mol. The van der Waals surface area contributed by atoms with Crippen molar-refractivity contribution in [3.63, 3.8) is 0 Å². The molecule has 0 spiro atoms. The molecule has 1 aromatic rings. The molecule has 19 heavy (non-hydrogen) atoms. The molecule has 1 amide bonds. The number of nitrogens with one attached hydrogen (secondary N) is 2. The van der Waals surface area contributed by atoms with E-state index in [-0.39, 0.29) is 11.9 Å². The number of hydrogen-bond donors (Lipinski definition) is 2. The summed E-state index contributed by atoms with van der Waals surface area (Å²) < 4.78 is 5.42. The molecule has 2 atom stereocenters. The van der Waals surface area contributed by atoms with E-state index in [9.17, 15) is 4.79 Å². The van der Waals surface area contributed by atoms with Gasteiger partial charge in [-0.15, -0.1) is 0 Å². The lowest BCUT2D eigenvalue weighted by Gasteiger charge is -2.22. The van der Waals surface area contributed by atoms with Crippen LogP contribution in [0.2, 0.25) is 0 Å². The van der Waals surface area contributed by atoms with Crippen LogP contribution in [-0.2, 0) is 4.79 Å². The van der Waals surface area contributed by atoms with Gasteiger partial charge in [-0.2, -0.15) is 0 Å². The Labute approximate surface area is 114 Å². The fourth-order valence-corrected chi connectivity index (χ4v) is 2.45. The van der Waals surface area contributed by atoms with Gasteiger partial charge in [0.05, 0.1) is 12.3 Å². The minimum absolute atomic E-state index is 0.0839. The number of amides is 1. The monoisotopic (exact) mass is 265 g/mol. The highest BCUT2D eigenvalue weighted by atomic mass is 16.3. The van der Waals surface area contributed by atoms with Crippen molar-refractivity contribution in [3.05, 3.63) is 24.2 Å². The van der Waals surface area contributed by atoms with E-state index in [2.05, 4.69) is 15.5 Å². The molecule has 0 bridgehead atoms. The first-order chi connectivity index (χ1) is 9.16. The second-order valence-electron chi connectivity index (χ2n) is 5.36. The quantitative estimate of drug-likeness (QED) is 0.805. The third-order valence-electron chi connectivity index (χ3n) is 3.62. The van der Waals surface area contributed by atoms with Crippen LogP contribution in [0.3, 0.4) is 0 Å². The SMILES string of the molecule is CN(C)C(CNC(=O)CC1CCNC1)c1ccco1. The molecule has 1 fully saturated rings. The molecule has 5 nitrogen and oxygen atoms in total. The van der Waals surface area contributed by atoms with E-state index < -0.39 is 0 Å². The average Bonchev–Trinajstić information content (AvgIpc) is 3.01. The van der Waals surface area contributed by atoms with Crippen LogP contribution in [0.25, 0.3) is 0 Å². The first-order valence-electron chi connectivity index (χ1n) is 6.84. The highest BCUT2D eigenvalue weighted by Gasteiger charge is 2.21. The van der Waals surface area contributed by atoms with E-state index in [0.29, 0.717) is 18.9 Å². The van der Waals surface area contributed by atoms with Crippen molar-refractivity contribution in [2.24, 2.45) is 5.92 Å². The van der Waals surface area contributed by atoms with Gasteiger partial charge in [-0.3, -0.25) is 9.69 Å². The zero-order valence-electron chi connectivity index (χ0n) is 11.7. The van der Waals surface area contributed by atoms with Crippen molar-refractivity contribution >= 4 is 5.91 Å². The maximum Gasteiger partial charge on any atom is 0.220 e. The smallest absolute Gasteiger partial charge is 0.220 e. The zero-order valence-corrected chi connectivity index (χ0v) is 11.7. The molecule has 0 radical (unpaired) electrons. The first kappa shape index (κ1) is 14.1. The first-order valence-corrected chi connectivity index (χ1v) is 6.84. The van der Waals surface area contributed by atoms with Crippen LogP contribution in [0.15, 0.2) is 22.8 Å². The summed E-state index contributed by atoms with van der Waals surface area (Å²) in [6.45, 7) is 2.58. The molecule has 0 aromatic carbocycles. The molecule has 2 rings (SSSR count). The van der Waals surface area contributed by atoms with Crippen molar-refractivity contribution in [1.82, 2.24) is 15.5 Å². The molecule has 1 aromatic heterocycles. The molecule has 5 heteroatoms. The molecule has 0 aliphatic carbocycles. The van der Waals surface area contributed by atoms with Gasteiger partial charge in [-0.25, -0.2) is 0 Å². The molecule has 2 heterocycles. The molecular weight excluding hydrogens is 242 g/mol. The number of likely N-dealkylation sites (N-methyl/N-ethyl adjacent to an activating group) is 1. The second-order valence-corrected chi connectivity index (χ2v) is 5.36. The highest BCUT2D eigenvalue weighted by molar-refractivity contribution is 5.76. The predicted molar refractivity (Wildman–Crippen MR) is 73.7 cm³/mol. The minimum atomic E-state index is 0.0839. The predicted octanol–water partition coefficient (Wildman–Crippen LogP) is 0.998. The number of carbonyl (C=O) groups excluding carboxylic acids is 1. The van der Waals surface area contributed by atoms with Crippen LogP contribution < -0.4 is 10.6 Å². The van der Waals surface area contributed by atoms with Gasteiger partial charge in [0.2, 0.25) is 5.91 Å². The molecular formula is C14H23N3O2. The summed E-state index contributed by atoms with van der Waals surface area (Å²) in [5.41, 5.74) is 0. The lowest BCUT2D eigenvalue weighted by molar-refractivity contribution is -0.122. The Kier molecular flexibility index (Phi) is 4.99. The van der Waals surface area contributed by atoms with E-state index in [1.807, 2.05) is 26.2 Å². The number of furan rings is 1. The summed E-state index contributed by atoms with van der Waals surface area (Å²) in [6.07, 6.45) is 3.38. The van der Waals surface area contributed by atoms with Gasteiger partial charge in [-0.05, 0) is 51.7 Å². The Morgan fingerprint density at radius 3 is 3.05 bits per heavy atom. The Hall–Kier alpha value is -1.33. The third kappa shape index (κ3) is 4.08. The van der Waals surface area contributed by atoms with Crippen molar-refractivity contribution in [1.29, 1.82) is 0 Å². The summed E-state index contributed by atoms with van der Waals surface area (Å²) in [7, 11) is 3.97. The molecule has 0 saturated carbocycles. The molecule has 2 unspecified atom stereocenters. The van der Waals surface area contributed by atoms with Crippen LogP contribution in [-0.4, -0.2) is 44.5 Å². The summed E-state index contributed by atoms with van der Waals surface area (Å²) in [6, 6.07) is 3.90. The highest BCUT2D eigenvalue weighted by Crippen LogP contribution is 2.18. The fraction of sp³-hybridized carbons (Fsp3) is 0.643. The van der Waals surface area contributed by atoms with E-state index >= 15 is 0 Å². The molecule has 1 saturated heterocycles. The zero-order chi connectivity index (χ0) is 13.7. The summed E-state index contributed by atoms with van der Waals surface area (Å²) in [4.78, 5) is 14.0. The van der Waals surface area contributed by atoms with Crippen LogP contribution in [0.5, 0.6) is 0 Å². The molecule has 1 aliphatic heterocycles. The third-order valence-corrected chi connectivity index (χ3v) is 3.62. The lowest BCUT2D eigenvalue weighted by atomic mass is 10.0. The Morgan fingerprint density at radius 1 is 1.63 bits per heavy atom. The molecule has 1 aliphatic rings. The molecule has 106 valence electrons. The van der Waals surface area contributed by atoms with Gasteiger partial charge in [0, 0.05) is 13.0 Å². The Balaban J connectivity index is 1.80. The summed E-state index contributed by atoms with van der Waals surface area (Å²) in [5.74, 6) is 1.50. The molecule has 2 N–H and O–H groups in total. The fourth-order valence-electron chi connectivity index (χ4n) is 2.45. The van der Waals surface area contributed by atoms with Crippen molar-refractivity contribution < 1.29 is 9.21 Å². The van der Waals surface area contributed by atoms with Crippen LogP contribution >= 0.6 is 0 Å². The topological polar surface area (TPSA) is 57.5 Å². The van der Waals surface area contributed by atoms with Gasteiger partial charge in [-0.1, -0.05) is 0 Å². The Morgan fingerprint density at radius 2 is 2.47 bits per heavy atom. The summed E-state index contributed by atoms with van der Waals surface area (Å²) in [5, 5.41) is 6.29. The minimum Gasteiger partial charge on any atom is -0.468 e. The maximum absolute atomic E-state index is 11.9. The van der Waals surface area contributed by atoms with Crippen LogP contribution in [0.4, 0.5) is 0 Å². The maximum atomic E-state index is 11.9. The summed E-state index contributed by atoms with van der Waals surface area (Å²) >= 11 is 0. The normalized spacial score (nSPS) is 20.7. The van der Waals surface area contributed by atoms with Gasteiger partial charge < -0.3 is 15.1 Å². The van der Waals surface area contributed by atoms with Crippen molar-refractivity contribution in [3.8, 4) is 0 Å². The van der Waals surface area contributed by atoms with Crippen LogP contribution in [0.1, 0.15) is 24.6 Å². The van der Waals surface area contributed by atoms with Gasteiger partial charge in [0.1, 0.15) is 5.76 Å². The number of hydrogen-bond acceptors (Lipinski definition) is 4. The lowest BCUT2D eigenvalue weighted by Crippen LogP contribution is -2.35. The largest absolute Gasteiger partial charge is 0.468 e. The van der Waals surface area contributed by atoms with Gasteiger partial charge >= 0.3 is 0 Å². The van der Waals surface area contributed by atoms with Crippen molar-refractivity contribution in [2.75, 3.05) is 33.7 Å². The standard InChI is InChI=1S/C14H23N3O2/c1-17(2)12(13-4-3-7-19-13)10-16-14(18)8-11-5-6-15-9-11/h3-4,7,11-12,15H,5-6,8-10H2,1-2H3,(H,16,18). The van der Waals surface area contributed by atoms with E-state index in [1.165, 1.54) is 0 Å². The second kappa shape index (κ2) is 6.73. The van der Waals surface area contributed by atoms with Gasteiger partial charge in [0.15, 0.2) is 0 Å². The number of carbonyl (C=O) groups is 1. The van der Waals surface area contributed by atoms with Gasteiger partial charge in [0.25, 0.3) is 0 Å². The number of nitrogens with zero attached hydrogens (tertiary/aromatic N) is 1. The van der Waals surface area contributed by atoms with E-state index in [1.54, 1.807) is 6.26 Å². The van der Waals surface area contributed by atoms with E-state index in [0.717, 1.165) is 25.3 Å². The Bertz CT molecular complexity index is 383.